The number of aromatic nitrogens is 2. The van der Waals surface area contributed by atoms with Gasteiger partial charge in [0.05, 0.1) is 0 Å². The molecule has 4 heteroatoms. The van der Waals surface area contributed by atoms with Crippen LogP contribution in [-0.2, 0) is 12.0 Å². The van der Waals surface area contributed by atoms with E-state index in [9.17, 15) is 0 Å². The second-order valence-corrected chi connectivity index (χ2v) is 6.38. The van der Waals surface area contributed by atoms with Crippen LogP contribution in [0.1, 0.15) is 52.4 Å². The quantitative estimate of drug-likeness (QED) is 0.840. The second-order valence-electron chi connectivity index (χ2n) is 6.38. The summed E-state index contributed by atoms with van der Waals surface area (Å²) in [4.78, 5) is 8.79. The summed E-state index contributed by atoms with van der Waals surface area (Å²) in [7, 11) is 0. The molecule has 18 heavy (non-hydrogen) atoms. The van der Waals surface area contributed by atoms with Gasteiger partial charge in [0, 0.05) is 42.1 Å². The smallest absolute Gasteiger partial charge is 0.133 e. The summed E-state index contributed by atoms with van der Waals surface area (Å²) in [6, 6.07) is 0. The Balaban J connectivity index is 2.60. The summed E-state index contributed by atoms with van der Waals surface area (Å²) in [5.41, 5.74) is 0.980. The molecule has 0 radical (unpaired) electrons. The van der Waals surface area contributed by atoms with Crippen LogP contribution in [0.25, 0.3) is 0 Å². The van der Waals surface area contributed by atoms with Gasteiger partial charge in [-0.05, 0) is 20.3 Å². The molecular weight excluding hydrogens is 226 g/mol. The van der Waals surface area contributed by atoms with E-state index in [4.69, 9.17) is 5.11 Å². The zero-order valence-electron chi connectivity index (χ0n) is 12.1. The number of hydrogen-bond donors (Lipinski definition) is 2. The summed E-state index contributed by atoms with van der Waals surface area (Å²) < 4.78 is 0. The van der Waals surface area contributed by atoms with Crippen LogP contribution in [0.2, 0.25) is 0 Å². The van der Waals surface area contributed by atoms with Crippen molar-refractivity contribution in [2.45, 2.75) is 58.5 Å². The van der Waals surface area contributed by atoms with Crippen molar-refractivity contribution in [2.75, 3.05) is 6.61 Å². The highest BCUT2D eigenvalue weighted by Gasteiger charge is 2.18. The minimum atomic E-state index is -0.0720. The maximum atomic E-state index is 8.96. The molecule has 0 amide bonds. The van der Waals surface area contributed by atoms with Gasteiger partial charge < -0.3 is 10.4 Å². The van der Waals surface area contributed by atoms with Crippen molar-refractivity contribution >= 4 is 0 Å². The molecule has 102 valence electrons. The molecule has 0 fully saturated rings. The molecule has 0 atom stereocenters. The minimum absolute atomic E-state index is 0.0118. The molecular formula is C14H25N3O. The largest absolute Gasteiger partial charge is 0.396 e. The van der Waals surface area contributed by atoms with Gasteiger partial charge in [0.25, 0.3) is 0 Å². The summed E-state index contributed by atoms with van der Waals surface area (Å²) >= 11 is 0. The number of rotatable bonds is 5. The van der Waals surface area contributed by atoms with Crippen molar-refractivity contribution in [3.8, 4) is 0 Å². The van der Waals surface area contributed by atoms with Gasteiger partial charge in [-0.2, -0.15) is 0 Å². The molecule has 1 heterocycles. The average molecular weight is 251 g/mol. The molecule has 1 rings (SSSR count). The Morgan fingerprint density at radius 3 is 2.11 bits per heavy atom. The van der Waals surface area contributed by atoms with Crippen molar-refractivity contribution in [3.63, 3.8) is 0 Å². The van der Waals surface area contributed by atoms with Crippen molar-refractivity contribution in [1.82, 2.24) is 15.3 Å². The van der Waals surface area contributed by atoms with Crippen LogP contribution in [0.3, 0.4) is 0 Å². The molecule has 0 aromatic carbocycles. The first-order valence-corrected chi connectivity index (χ1v) is 6.42. The van der Waals surface area contributed by atoms with Gasteiger partial charge in [-0.25, -0.2) is 9.97 Å². The van der Waals surface area contributed by atoms with E-state index in [1.807, 2.05) is 12.4 Å². The lowest BCUT2D eigenvalue weighted by Crippen LogP contribution is -2.39. The lowest BCUT2D eigenvalue weighted by molar-refractivity contribution is 0.230. The van der Waals surface area contributed by atoms with Crippen molar-refractivity contribution in [3.05, 3.63) is 23.8 Å². The average Bonchev–Trinajstić information content (AvgIpc) is 2.26. The van der Waals surface area contributed by atoms with Gasteiger partial charge in [0.2, 0.25) is 0 Å². The van der Waals surface area contributed by atoms with E-state index in [2.05, 4.69) is 49.9 Å². The molecule has 2 N–H and O–H groups in total. The SMILES string of the molecule is CC(C)(CCO)NCc1cnc(C(C)(C)C)nc1. The van der Waals surface area contributed by atoms with Crippen LogP contribution in [0.4, 0.5) is 0 Å². The minimum Gasteiger partial charge on any atom is -0.396 e. The zero-order valence-corrected chi connectivity index (χ0v) is 12.1. The molecule has 4 nitrogen and oxygen atoms in total. The van der Waals surface area contributed by atoms with E-state index in [1.54, 1.807) is 0 Å². The van der Waals surface area contributed by atoms with Crippen molar-refractivity contribution < 1.29 is 5.11 Å². The van der Waals surface area contributed by atoms with Crippen molar-refractivity contribution in [1.29, 1.82) is 0 Å². The maximum absolute atomic E-state index is 8.96. The standard InChI is InChI=1S/C14H25N3O/c1-13(2,3)12-15-8-11(9-16-12)10-17-14(4,5)6-7-18/h8-9,17-18H,6-7,10H2,1-5H3. The van der Waals surface area contributed by atoms with Gasteiger partial charge in [-0.15, -0.1) is 0 Å². The highest BCUT2D eigenvalue weighted by Crippen LogP contribution is 2.17. The molecule has 0 saturated heterocycles. The number of nitrogens with one attached hydrogen (secondary N) is 1. The van der Waals surface area contributed by atoms with E-state index < -0.39 is 0 Å². The molecule has 0 bridgehead atoms. The number of nitrogens with zero attached hydrogens (tertiary/aromatic N) is 2. The van der Waals surface area contributed by atoms with Gasteiger partial charge >= 0.3 is 0 Å². The maximum Gasteiger partial charge on any atom is 0.133 e. The first kappa shape index (κ1) is 15.1. The second kappa shape index (κ2) is 5.76. The van der Waals surface area contributed by atoms with Crippen LogP contribution in [0, 0.1) is 0 Å². The lowest BCUT2D eigenvalue weighted by Gasteiger charge is -2.25. The van der Waals surface area contributed by atoms with E-state index in [0.717, 1.165) is 24.4 Å². The monoisotopic (exact) mass is 251 g/mol. The highest BCUT2D eigenvalue weighted by molar-refractivity contribution is 5.09. The third kappa shape index (κ3) is 4.70. The topological polar surface area (TPSA) is 58.0 Å². The number of hydrogen-bond acceptors (Lipinski definition) is 4. The predicted molar refractivity (Wildman–Crippen MR) is 73.4 cm³/mol. The first-order valence-electron chi connectivity index (χ1n) is 6.42. The van der Waals surface area contributed by atoms with Crippen LogP contribution in [0.5, 0.6) is 0 Å². The third-order valence-electron chi connectivity index (χ3n) is 2.88. The summed E-state index contributed by atoms with van der Waals surface area (Å²) in [6.45, 7) is 11.4. The number of aliphatic hydroxyl groups is 1. The van der Waals surface area contributed by atoms with Crippen LogP contribution >= 0.6 is 0 Å². The zero-order chi connectivity index (χ0) is 13.8. The van der Waals surface area contributed by atoms with Crippen LogP contribution in [0.15, 0.2) is 12.4 Å². The van der Waals surface area contributed by atoms with E-state index in [0.29, 0.717) is 0 Å². The Hall–Kier alpha value is -1.00. The Kier molecular flexibility index (Phi) is 4.82. The fourth-order valence-electron chi connectivity index (χ4n) is 1.54. The van der Waals surface area contributed by atoms with E-state index in [1.165, 1.54) is 0 Å². The fourth-order valence-corrected chi connectivity index (χ4v) is 1.54. The summed E-state index contributed by atoms with van der Waals surface area (Å²) in [5, 5.41) is 12.4. The fraction of sp³-hybridized carbons (Fsp3) is 0.714. The molecule has 0 spiro atoms. The van der Waals surface area contributed by atoms with Crippen LogP contribution in [-0.4, -0.2) is 27.2 Å². The van der Waals surface area contributed by atoms with E-state index in [-0.39, 0.29) is 17.6 Å². The molecule has 0 unspecified atom stereocenters. The predicted octanol–water partition coefficient (Wildman–Crippen LogP) is 2.02. The Morgan fingerprint density at radius 2 is 1.67 bits per heavy atom. The van der Waals surface area contributed by atoms with Crippen LogP contribution < -0.4 is 5.32 Å². The molecule has 1 aromatic heterocycles. The molecule has 0 saturated carbocycles. The molecule has 0 aliphatic heterocycles. The van der Waals surface area contributed by atoms with Gasteiger partial charge in [-0.3, -0.25) is 0 Å². The van der Waals surface area contributed by atoms with Gasteiger partial charge in [-0.1, -0.05) is 20.8 Å². The third-order valence-corrected chi connectivity index (χ3v) is 2.88. The number of aliphatic hydroxyl groups excluding tert-OH is 1. The highest BCUT2D eigenvalue weighted by atomic mass is 16.3. The summed E-state index contributed by atoms with van der Waals surface area (Å²) in [6.07, 6.45) is 4.47. The Labute approximate surface area is 110 Å². The normalized spacial score (nSPS) is 12.8. The molecule has 1 aromatic rings. The Bertz CT molecular complexity index is 366. The van der Waals surface area contributed by atoms with Gasteiger partial charge in [0.1, 0.15) is 5.82 Å². The Morgan fingerprint density at radius 1 is 1.11 bits per heavy atom. The van der Waals surface area contributed by atoms with E-state index >= 15 is 0 Å². The van der Waals surface area contributed by atoms with Gasteiger partial charge in [0.15, 0.2) is 0 Å². The lowest BCUT2D eigenvalue weighted by atomic mass is 9.96. The first-order chi connectivity index (χ1) is 8.24. The van der Waals surface area contributed by atoms with Crippen molar-refractivity contribution in [2.24, 2.45) is 0 Å². The molecule has 0 aliphatic rings. The summed E-state index contributed by atoms with van der Waals surface area (Å²) in [5.74, 6) is 0.862. The molecule has 0 aliphatic carbocycles.